The molecule has 0 atom stereocenters. The number of hydrogen-bond donors (Lipinski definition) is 1. The number of esters is 1. The molecule has 8 heteroatoms. The topological polar surface area (TPSA) is 64.6 Å². The number of nitrogens with one attached hydrogen (secondary N) is 1. The highest BCUT2D eigenvalue weighted by molar-refractivity contribution is 5.93. The molecule has 128 valence electrons. The fraction of sp³-hybridized carbons (Fsp3) is 0.467. The number of hydrogen-bond acceptors (Lipinski definition) is 4. The van der Waals surface area contributed by atoms with Gasteiger partial charge in [0, 0.05) is 5.69 Å². The number of ether oxygens (including phenoxy) is 2. The molecule has 0 bridgehead atoms. The van der Waals surface area contributed by atoms with E-state index in [9.17, 15) is 22.8 Å². The van der Waals surface area contributed by atoms with E-state index in [4.69, 9.17) is 4.74 Å². The lowest BCUT2D eigenvalue weighted by Crippen LogP contribution is -2.20. The van der Waals surface area contributed by atoms with Crippen molar-refractivity contribution in [3.8, 4) is 0 Å². The van der Waals surface area contributed by atoms with E-state index in [0.29, 0.717) is 17.9 Å². The van der Waals surface area contributed by atoms with Crippen LogP contribution in [0, 0.1) is 0 Å². The third kappa shape index (κ3) is 8.20. The van der Waals surface area contributed by atoms with E-state index in [1.165, 1.54) is 24.3 Å². The molecule has 23 heavy (non-hydrogen) atoms. The Bertz CT molecular complexity index is 514. The van der Waals surface area contributed by atoms with Gasteiger partial charge in [0.15, 0.2) is 0 Å². The molecule has 0 aliphatic rings. The summed E-state index contributed by atoms with van der Waals surface area (Å²) < 4.78 is 44.8. The summed E-state index contributed by atoms with van der Waals surface area (Å²) in [6.45, 7) is 0.501. The van der Waals surface area contributed by atoms with Gasteiger partial charge in [0.05, 0.1) is 25.2 Å². The van der Waals surface area contributed by atoms with Gasteiger partial charge < -0.3 is 14.8 Å². The van der Waals surface area contributed by atoms with E-state index in [2.05, 4.69) is 10.1 Å². The lowest BCUT2D eigenvalue weighted by atomic mass is 10.2. The van der Waals surface area contributed by atoms with Gasteiger partial charge in [-0.15, -0.1) is 0 Å². The maximum absolute atomic E-state index is 11.8. The van der Waals surface area contributed by atoms with Gasteiger partial charge in [-0.1, -0.05) is 6.92 Å². The predicted octanol–water partition coefficient (Wildman–Crippen LogP) is 3.16. The number of rotatable bonds is 8. The Hall–Kier alpha value is -2.09. The number of anilines is 1. The molecule has 1 aromatic carbocycles. The van der Waals surface area contributed by atoms with Crippen LogP contribution in [0.5, 0.6) is 0 Å². The van der Waals surface area contributed by atoms with Crippen LogP contribution in [0.2, 0.25) is 0 Å². The van der Waals surface area contributed by atoms with Crippen LogP contribution in [-0.4, -0.2) is 37.9 Å². The molecule has 0 spiro atoms. The van der Waals surface area contributed by atoms with Crippen LogP contribution < -0.4 is 5.32 Å². The second-order valence-corrected chi connectivity index (χ2v) is 4.68. The van der Waals surface area contributed by atoms with Crippen LogP contribution in [-0.2, 0) is 14.3 Å². The van der Waals surface area contributed by atoms with Crippen molar-refractivity contribution in [1.82, 2.24) is 0 Å². The highest BCUT2D eigenvalue weighted by atomic mass is 19.4. The fourth-order valence-corrected chi connectivity index (χ4v) is 1.54. The van der Waals surface area contributed by atoms with Crippen molar-refractivity contribution in [1.29, 1.82) is 0 Å². The third-order valence-corrected chi connectivity index (χ3v) is 2.58. The lowest BCUT2D eigenvalue weighted by molar-refractivity contribution is -0.174. The summed E-state index contributed by atoms with van der Waals surface area (Å²) in [5.41, 5.74) is 0.780. The zero-order valence-electron chi connectivity index (χ0n) is 12.6. The molecule has 0 aliphatic heterocycles. The average Bonchev–Trinajstić information content (AvgIpc) is 2.49. The van der Waals surface area contributed by atoms with E-state index < -0.39 is 24.7 Å². The predicted molar refractivity (Wildman–Crippen MR) is 77.1 cm³/mol. The smallest absolute Gasteiger partial charge is 0.411 e. The summed E-state index contributed by atoms with van der Waals surface area (Å²) in [6.07, 6.45) is -3.88. The average molecular weight is 333 g/mol. The van der Waals surface area contributed by atoms with E-state index >= 15 is 0 Å². The molecule has 5 nitrogen and oxygen atoms in total. The Balaban J connectivity index is 2.36. The van der Waals surface area contributed by atoms with Gasteiger partial charge in [-0.3, -0.25) is 4.79 Å². The normalized spacial score (nSPS) is 11.1. The first-order valence-corrected chi connectivity index (χ1v) is 7.03. The minimum Gasteiger partial charge on any atom is -0.462 e. The van der Waals surface area contributed by atoms with Gasteiger partial charge in [-0.05, 0) is 30.7 Å². The summed E-state index contributed by atoms with van der Waals surface area (Å²) in [7, 11) is 0. The Morgan fingerprint density at radius 2 is 1.78 bits per heavy atom. The molecule has 0 saturated heterocycles. The summed E-state index contributed by atoms with van der Waals surface area (Å²) in [5, 5.41) is 2.50. The van der Waals surface area contributed by atoms with Crippen molar-refractivity contribution in [2.75, 3.05) is 25.1 Å². The van der Waals surface area contributed by atoms with Crippen LogP contribution in [0.25, 0.3) is 0 Å². The molecule has 0 radical (unpaired) electrons. The summed E-state index contributed by atoms with van der Waals surface area (Å²) >= 11 is 0. The first-order valence-electron chi connectivity index (χ1n) is 7.03. The molecule has 1 N–H and O–H groups in total. The Morgan fingerprint density at radius 1 is 1.13 bits per heavy atom. The highest BCUT2D eigenvalue weighted by Crippen LogP contribution is 2.15. The number of halogens is 3. The first kappa shape index (κ1) is 19.0. The monoisotopic (exact) mass is 333 g/mol. The number of alkyl halides is 3. The Morgan fingerprint density at radius 3 is 2.35 bits per heavy atom. The van der Waals surface area contributed by atoms with Crippen molar-refractivity contribution in [3.05, 3.63) is 29.8 Å². The molecule has 0 saturated carbocycles. The van der Waals surface area contributed by atoms with E-state index in [-0.39, 0.29) is 13.0 Å². The second kappa shape index (κ2) is 9.14. The molecular formula is C15H18F3NO4. The van der Waals surface area contributed by atoms with Crippen molar-refractivity contribution in [2.45, 2.75) is 25.9 Å². The molecule has 0 aromatic heterocycles. The maximum atomic E-state index is 11.8. The molecule has 0 unspecified atom stereocenters. The van der Waals surface area contributed by atoms with Gasteiger partial charge in [0.25, 0.3) is 0 Å². The minimum absolute atomic E-state index is 0.198. The SMILES string of the molecule is CCCOC(=O)c1ccc(NC(=O)CCOCC(F)(F)F)cc1. The summed E-state index contributed by atoms with van der Waals surface area (Å²) in [4.78, 5) is 23.1. The number of benzene rings is 1. The fourth-order valence-electron chi connectivity index (χ4n) is 1.54. The number of amides is 1. The van der Waals surface area contributed by atoms with Crippen molar-refractivity contribution < 1.29 is 32.2 Å². The maximum Gasteiger partial charge on any atom is 0.411 e. The zero-order valence-corrected chi connectivity index (χ0v) is 12.6. The highest BCUT2D eigenvalue weighted by Gasteiger charge is 2.27. The standard InChI is InChI=1S/C15H18F3NO4/c1-2-8-23-14(21)11-3-5-12(6-4-11)19-13(20)7-9-22-10-15(16,17)18/h3-6H,2,7-10H2,1H3,(H,19,20). The first-order chi connectivity index (χ1) is 10.8. The van der Waals surface area contributed by atoms with Crippen molar-refractivity contribution >= 4 is 17.6 Å². The van der Waals surface area contributed by atoms with E-state index in [0.717, 1.165) is 6.42 Å². The van der Waals surface area contributed by atoms with Crippen LogP contribution in [0.1, 0.15) is 30.1 Å². The summed E-state index contributed by atoms with van der Waals surface area (Å²) in [5.74, 6) is -0.932. The van der Waals surface area contributed by atoms with Crippen LogP contribution >= 0.6 is 0 Å². The van der Waals surface area contributed by atoms with Gasteiger partial charge in [0.2, 0.25) is 5.91 Å². The zero-order chi connectivity index (χ0) is 17.3. The Labute approximate surface area is 131 Å². The number of carbonyl (C=O) groups excluding carboxylic acids is 2. The third-order valence-electron chi connectivity index (χ3n) is 2.58. The van der Waals surface area contributed by atoms with Gasteiger partial charge >= 0.3 is 12.1 Å². The second-order valence-electron chi connectivity index (χ2n) is 4.68. The largest absolute Gasteiger partial charge is 0.462 e. The van der Waals surface area contributed by atoms with Crippen molar-refractivity contribution in [2.24, 2.45) is 0 Å². The molecule has 0 heterocycles. The van der Waals surface area contributed by atoms with Gasteiger partial charge in [0.1, 0.15) is 6.61 Å². The van der Waals surface area contributed by atoms with Crippen LogP contribution in [0.15, 0.2) is 24.3 Å². The summed E-state index contributed by atoms with van der Waals surface area (Å²) in [6, 6.07) is 6.01. The minimum atomic E-state index is -4.40. The molecule has 0 aliphatic carbocycles. The van der Waals surface area contributed by atoms with E-state index in [1.807, 2.05) is 6.92 Å². The molecule has 1 rings (SSSR count). The van der Waals surface area contributed by atoms with E-state index in [1.54, 1.807) is 0 Å². The number of carbonyl (C=O) groups is 2. The van der Waals surface area contributed by atoms with Crippen molar-refractivity contribution in [3.63, 3.8) is 0 Å². The molecular weight excluding hydrogens is 315 g/mol. The molecule has 1 aromatic rings. The Kier molecular flexibility index (Phi) is 7.53. The van der Waals surface area contributed by atoms with Gasteiger partial charge in [-0.2, -0.15) is 13.2 Å². The van der Waals surface area contributed by atoms with Crippen LogP contribution in [0.3, 0.4) is 0 Å². The van der Waals surface area contributed by atoms with Crippen LogP contribution in [0.4, 0.5) is 18.9 Å². The molecule has 0 fully saturated rings. The molecule has 1 amide bonds. The van der Waals surface area contributed by atoms with Gasteiger partial charge in [-0.25, -0.2) is 4.79 Å². The lowest BCUT2D eigenvalue weighted by Gasteiger charge is -2.08. The quantitative estimate of drug-likeness (QED) is 0.586.